The van der Waals surface area contributed by atoms with Crippen LogP contribution >= 0.6 is 11.6 Å². The van der Waals surface area contributed by atoms with Crippen LogP contribution in [-0.2, 0) is 16.4 Å². The first-order valence-electron chi connectivity index (χ1n) is 10.2. The fourth-order valence-corrected chi connectivity index (χ4v) is 5.13. The van der Waals surface area contributed by atoms with Crippen molar-refractivity contribution in [1.29, 1.82) is 0 Å². The van der Waals surface area contributed by atoms with Crippen molar-refractivity contribution < 1.29 is 22.3 Å². The first kappa shape index (κ1) is 23.2. The molecule has 32 heavy (non-hydrogen) atoms. The second-order valence-corrected chi connectivity index (χ2v) is 10.5. The zero-order valence-corrected chi connectivity index (χ0v) is 19.0. The lowest BCUT2D eigenvalue weighted by atomic mass is 10.0. The van der Waals surface area contributed by atoms with Gasteiger partial charge in [0.15, 0.2) is 16.2 Å². The molecule has 0 saturated carbocycles. The molecular weight excluding hydrogens is 464 g/mol. The second-order valence-electron chi connectivity index (χ2n) is 8.12. The van der Waals surface area contributed by atoms with Crippen molar-refractivity contribution in [3.63, 3.8) is 0 Å². The summed E-state index contributed by atoms with van der Waals surface area (Å²) < 4.78 is 51.8. The Balaban J connectivity index is 1.38. The highest BCUT2D eigenvalue weighted by Gasteiger charge is 2.37. The molecule has 8 nitrogen and oxygen atoms in total. The minimum atomic E-state index is -3.87. The molecule has 2 fully saturated rings. The van der Waals surface area contributed by atoms with Gasteiger partial charge in [0.05, 0.1) is 12.4 Å². The average Bonchev–Trinajstić information content (AvgIpc) is 3.10. The minimum absolute atomic E-state index is 0.00642. The van der Waals surface area contributed by atoms with E-state index in [0.717, 1.165) is 44.1 Å². The van der Waals surface area contributed by atoms with Crippen LogP contribution in [0.4, 0.5) is 14.6 Å². The van der Waals surface area contributed by atoms with E-state index in [1.165, 1.54) is 6.20 Å². The molecule has 0 radical (unpaired) electrons. The van der Waals surface area contributed by atoms with Gasteiger partial charge in [0, 0.05) is 50.6 Å². The van der Waals surface area contributed by atoms with Crippen LogP contribution in [0.5, 0.6) is 0 Å². The van der Waals surface area contributed by atoms with E-state index in [-0.39, 0.29) is 18.2 Å². The summed E-state index contributed by atoms with van der Waals surface area (Å²) in [6.45, 7) is 2.55. The largest absolute Gasteiger partial charge is 0.365 e. The lowest BCUT2D eigenvalue weighted by Crippen LogP contribution is -2.49. The van der Waals surface area contributed by atoms with Gasteiger partial charge in [-0.2, -0.15) is 0 Å². The highest BCUT2D eigenvalue weighted by Crippen LogP contribution is 2.27. The van der Waals surface area contributed by atoms with Crippen LogP contribution in [0.25, 0.3) is 0 Å². The van der Waals surface area contributed by atoms with E-state index in [1.54, 1.807) is 11.1 Å². The maximum absolute atomic E-state index is 14.4. The molecule has 2 aliphatic heterocycles. The van der Waals surface area contributed by atoms with Crippen LogP contribution in [0, 0.1) is 11.6 Å². The Bertz CT molecular complexity index is 1080. The maximum atomic E-state index is 14.4. The number of rotatable bonds is 5. The van der Waals surface area contributed by atoms with Gasteiger partial charge in [-0.05, 0) is 25.0 Å². The predicted octanol–water partition coefficient (Wildman–Crippen LogP) is 1.87. The summed E-state index contributed by atoms with van der Waals surface area (Å²) in [5.74, 6) is -1.05. The summed E-state index contributed by atoms with van der Waals surface area (Å²) in [5, 5.41) is 11.1. The summed E-state index contributed by atoms with van der Waals surface area (Å²) in [5.41, 5.74) is 0.00642. The topological polar surface area (TPSA) is 89.9 Å². The van der Waals surface area contributed by atoms with Crippen molar-refractivity contribution in [3.05, 3.63) is 46.9 Å². The van der Waals surface area contributed by atoms with Crippen LogP contribution in [-0.4, -0.2) is 78.1 Å². The standard InChI is InChI=1S/C20H24ClF2N5O3S/c1-32(30,31)17-9-15(22)13(8-16(17)23)12-27-6-7-28(20(27)29)14-2-4-26(5-3-14)19-11-24-18(21)10-25-19/h8-11,14,20,29H,2-7,12H2,1H3. The Kier molecular flexibility index (Phi) is 6.64. The van der Waals surface area contributed by atoms with Crippen molar-refractivity contribution in [3.8, 4) is 0 Å². The normalized spacial score (nSPS) is 21.4. The lowest BCUT2D eigenvalue weighted by Gasteiger charge is -2.38. The van der Waals surface area contributed by atoms with Gasteiger partial charge >= 0.3 is 0 Å². The number of nitrogens with zero attached hydrogens (tertiary/aromatic N) is 5. The predicted molar refractivity (Wildman–Crippen MR) is 115 cm³/mol. The number of anilines is 1. The first-order valence-corrected chi connectivity index (χ1v) is 12.5. The Hall–Kier alpha value is -1.92. The summed E-state index contributed by atoms with van der Waals surface area (Å²) in [4.78, 5) is 13.4. The highest BCUT2D eigenvalue weighted by molar-refractivity contribution is 7.90. The van der Waals surface area contributed by atoms with Gasteiger partial charge in [0.2, 0.25) is 0 Å². The average molecular weight is 488 g/mol. The summed E-state index contributed by atoms with van der Waals surface area (Å²) in [6.07, 6.45) is 4.66. The van der Waals surface area contributed by atoms with E-state index < -0.39 is 32.7 Å². The molecule has 4 rings (SSSR count). The van der Waals surface area contributed by atoms with Gasteiger partial charge in [0.1, 0.15) is 27.5 Å². The number of hydrogen-bond acceptors (Lipinski definition) is 8. The SMILES string of the molecule is CS(=O)(=O)c1cc(F)c(CN2CCN(C3CCN(c4cnc(Cl)cn4)CC3)C2O)cc1F. The molecule has 1 N–H and O–H groups in total. The molecule has 2 aromatic rings. The van der Waals surface area contributed by atoms with Crippen LogP contribution in [0.1, 0.15) is 18.4 Å². The molecule has 1 unspecified atom stereocenters. The van der Waals surface area contributed by atoms with E-state index in [2.05, 4.69) is 14.9 Å². The first-order chi connectivity index (χ1) is 15.1. The van der Waals surface area contributed by atoms with Gasteiger partial charge in [-0.25, -0.2) is 27.2 Å². The number of sulfone groups is 1. The smallest absolute Gasteiger partial charge is 0.178 e. The number of halogens is 3. The number of aliphatic hydroxyl groups is 1. The third kappa shape index (κ3) is 4.86. The molecule has 3 heterocycles. The van der Waals surface area contributed by atoms with Crippen molar-refractivity contribution in [2.45, 2.75) is 36.7 Å². The Morgan fingerprint density at radius 3 is 2.44 bits per heavy atom. The molecule has 1 aromatic carbocycles. The molecule has 0 bridgehead atoms. The van der Waals surface area contributed by atoms with E-state index in [9.17, 15) is 22.3 Å². The van der Waals surface area contributed by atoms with E-state index in [4.69, 9.17) is 11.6 Å². The fraction of sp³-hybridized carbons (Fsp3) is 0.500. The van der Waals surface area contributed by atoms with Crippen molar-refractivity contribution >= 4 is 27.3 Å². The van der Waals surface area contributed by atoms with Gasteiger partial charge in [-0.15, -0.1) is 0 Å². The number of benzene rings is 1. The molecule has 0 spiro atoms. The Labute approximate surface area is 190 Å². The summed E-state index contributed by atoms with van der Waals surface area (Å²) >= 11 is 5.79. The minimum Gasteiger partial charge on any atom is -0.365 e. The van der Waals surface area contributed by atoms with Crippen molar-refractivity contribution in [2.75, 3.05) is 37.3 Å². The molecule has 0 amide bonds. The molecule has 2 saturated heterocycles. The van der Waals surface area contributed by atoms with Crippen LogP contribution in [0.2, 0.25) is 5.15 Å². The molecule has 1 atom stereocenters. The third-order valence-corrected chi connectivity index (χ3v) is 7.31. The van der Waals surface area contributed by atoms with Gasteiger partial charge in [-0.1, -0.05) is 11.6 Å². The second kappa shape index (κ2) is 9.14. The number of aliphatic hydroxyl groups excluding tert-OH is 1. The molecular formula is C20H24ClF2N5O3S. The van der Waals surface area contributed by atoms with E-state index in [1.807, 2.05) is 4.90 Å². The van der Waals surface area contributed by atoms with Crippen molar-refractivity contribution in [1.82, 2.24) is 19.8 Å². The summed E-state index contributed by atoms with van der Waals surface area (Å²) in [6, 6.07) is 1.74. The van der Waals surface area contributed by atoms with Gasteiger partial charge in [-0.3, -0.25) is 9.80 Å². The fourth-order valence-electron chi connectivity index (χ4n) is 4.31. The summed E-state index contributed by atoms with van der Waals surface area (Å²) in [7, 11) is -3.87. The quantitative estimate of drug-likeness (QED) is 0.683. The monoisotopic (exact) mass is 487 g/mol. The van der Waals surface area contributed by atoms with Crippen LogP contribution < -0.4 is 4.90 Å². The lowest BCUT2D eigenvalue weighted by molar-refractivity contribution is -0.0821. The maximum Gasteiger partial charge on any atom is 0.178 e. The third-order valence-electron chi connectivity index (χ3n) is 6.01. The number of piperidine rings is 1. The molecule has 1 aromatic heterocycles. The van der Waals surface area contributed by atoms with Crippen LogP contribution in [0.3, 0.4) is 0 Å². The molecule has 174 valence electrons. The van der Waals surface area contributed by atoms with Crippen LogP contribution in [0.15, 0.2) is 29.4 Å². The zero-order valence-electron chi connectivity index (χ0n) is 17.5. The Morgan fingerprint density at radius 2 is 1.81 bits per heavy atom. The number of hydrogen-bond donors (Lipinski definition) is 1. The van der Waals surface area contributed by atoms with E-state index in [0.29, 0.717) is 24.3 Å². The van der Waals surface area contributed by atoms with Gasteiger partial charge in [0.25, 0.3) is 0 Å². The van der Waals surface area contributed by atoms with Gasteiger partial charge < -0.3 is 10.0 Å². The molecule has 12 heteroatoms. The van der Waals surface area contributed by atoms with Crippen molar-refractivity contribution in [2.24, 2.45) is 0 Å². The van der Waals surface area contributed by atoms with E-state index >= 15 is 0 Å². The molecule has 2 aliphatic rings. The highest BCUT2D eigenvalue weighted by atomic mass is 35.5. The number of aromatic nitrogens is 2. The molecule has 0 aliphatic carbocycles. The Morgan fingerprint density at radius 1 is 1.09 bits per heavy atom. The zero-order chi connectivity index (χ0) is 23.0.